The molecule has 0 amide bonds. The molecule has 0 N–H and O–H groups in total. The van der Waals surface area contributed by atoms with Crippen LogP contribution >= 0.6 is 11.8 Å². The molecule has 2 aromatic heterocycles. The van der Waals surface area contributed by atoms with Crippen LogP contribution in [0, 0.1) is 5.82 Å². The highest BCUT2D eigenvalue weighted by Crippen LogP contribution is 2.28. The Morgan fingerprint density at radius 2 is 2.09 bits per heavy atom. The van der Waals surface area contributed by atoms with E-state index in [9.17, 15) is 9.18 Å². The number of halogens is 1. The van der Waals surface area contributed by atoms with Gasteiger partial charge in [0.15, 0.2) is 5.76 Å². The van der Waals surface area contributed by atoms with Gasteiger partial charge in [-0.05, 0) is 30.3 Å². The van der Waals surface area contributed by atoms with Crippen LogP contribution in [0.5, 0.6) is 0 Å². The Kier molecular flexibility index (Phi) is 4.47. The number of benzene rings is 1. The lowest BCUT2D eigenvalue weighted by molar-refractivity contribution is 0.0598. The van der Waals surface area contributed by atoms with Crippen molar-refractivity contribution in [3.63, 3.8) is 0 Å². The Morgan fingerprint density at radius 1 is 1.30 bits per heavy atom. The molecule has 2 heterocycles. The summed E-state index contributed by atoms with van der Waals surface area (Å²) in [6.45, 7) is 0. The number of rotatable bonds is 5. The summed E-state index contributed by atoms with van der Waals surface area (Å²) in [6.07, 6.45) is 3.00. The number of hydrogen-bond acceptors (Lipinski definition) is 6. The largest absolute Gasteiger partial charge is 0.468 e. The summed E-state index contributed by atoms with van der Waals surface area (Å²) in [5.74, 6) is 0.647. The third kappa shape index (κ3) is 3.45. The lowest BCUT2D eigenvalue weighted by atomic mass is 10.2. The molecule has 0 aliphatic rings. The van der Waals surface area contributed by atoms with E-state index in [2.05, 4.69) is 9.72 Å². The molecule has 0 bridgehead atoms. The molecular weight excluding hydrogens is 321 g/mol. The van der Waals surface area contributed by atoms with Gasteiger partial charge >= 0.3 is 5.97 Å². The van der Waals surface area contributed by atoms with Crippen molar-refractivity contribution in [2.24, 2.45) is 0 Å². The molecule has 0 spiro atoms. The molecular formula is C16H12FNO4S. The van der Waals surface area contributed by atoms with Crippen LogP contribution in [0.4, 0.5) is 4.39 Å². The van der Waals surface area contributed by atoms with Crippen molar-refractivity contribution in [1.82, 2.24) is 4.98 Å². The van der Waals surface area contributed by atoms with Crippen LogP contribution in [-0.4, -0.2) is 18.1 Å². The minimum atomic E-state index is -0.450. The monoisotopic (exact) mass is 333 g/mol. The van der Waals surface area contributed by atoms with Gasteiger partial charge in [0, 0.05) is 5.56 Å². The Bertz CT molecular complexity index is 810. The molecule has 3 aromatic rings. The number of hydrogen-bond donors (Lipinski definition) is 0. The van der Waals surface area contributed by atoms with Crippen molar-refractivity contribution in [2.45, 2.75) is 11.0 Å². The maximum absolute atomic E-state index is 12.9. The van der Waals surface area contributed by atoms with Gasteiger partial charge in [0.2, 0.25) is 0 Å². The topological polar surface area (TPSA) is 65.5 Å². The van der Waals surface area contributed by atoms with E-state index in [0.29, 0.717) is 28.1 Å². The molecule has 1 aromatic carbocycles. The van der Waals surface area contributed by atoms with Crippen LogP contribution in [0.2, 0.25) is 0 Å². The Hall–Kier alpha value is -2.54. The molecule has 0 unspecified atom stereocenters. The van der Waals surface area contributed by atoms with Crippen molar-refractivity contribution < 1.29 is 22.8 Å². The van der Waals surface area contributed by atoms with Crippen LogP contribution in [0.15, 0.2) is 56.8 Å². The second kappa shape index (κ2) is 6.70. The van der Waals surface area contributed by atoms with Crippen molar-refractivity contribution in [2.75, 3.05) is 7.11 Å². The molecule has 0 aliphatic carbocycles. The molecule has 23 heavy (non-hydrogen) atoms. The van der Waals surface area contributed by atoms with Crippen LogP contribution in [0.3, 0.4) is 0 Å². The minimum absolute atomic E-state index is 0.309. The summed E-state index contributed by atoms with van der Waals surface area (Å²) < 4.78 is 28.5. The predicted octanol–water partition coefficient (Wildman–Crippen LogP) is 4.15. The van der Waals surface area contributed by atoms with Crippen molar-refractivity contribution in [1.29, 1.82) is 0 Å². The van der Waals surface area contributed by atoms with Gasteiger partial charge in [0.25, 0.3) is 5.22 Å². The molecule has 0 radical (unpaired) electrons. The van der Waals surface area contributed by atoms with E-state index in [1.165, 1.54) is 37.3 Å². The van der Waals surface area contributed by atoms with Gasteiger partial charge in [0.05, 0.1) is 25.3 Å². The van der Waals surface area contributed by atoms with Gasteiger partial charge in [-0.3, -0.25) is 0 Å². The van der Waals surface area contributed by atoms with E-state index >= 15 is 0 Å². The summed E-state index contributed by atoms with van der Waals surface area (Å²) in [7, 11) is 1.31. The number of aromatic nitrogens is 1. The Labute approximate surface area is 135 Å². The molecule has 118 valence electrons. The first-order chi connectivity index (χ1) is 11.2. The van der Waals surface area contributed by atoms with Gasteiger partial charge in [0.1, 0.15) is 17.1 Å². The van der Waals surface area contributed by atoms with Gasteiger partial charge in [-0.2, -0.15) is 0 Å². The van der Waals surface area contributed by atoms with Gasteiger partial charge in [-0.1, -0.05) is 11.8 Å². The highest BCUT2D eigenvalue weighted by atomic mass is 32.2. The van der Waals surface area contributed by atoms with Gasteiger partial charge in [-0.15, -0.1) is 0 Å². The maximum atomic E-state index is 12.9. The number of ether oxygens (including phenoxy) is 1. The number of nitrogens with zero attached hydrogens (tertiary/aromatic N) is 1. The summed E-state index contributed by atoms with van der Waals surface area (Å²) >= 11 is 1.29. The fourth-order valence-corrected chi connectivity index (χ4v) is 2.70. The fourth-order valence-electron chi connectivity index (χ4n) is 1.94. The molecule has 0 atom stereocenters. The second-order valence-corrected chi connectivity index (χ2v) is 5.46. The predicted molar refractivity (Wildman–Crippen MR) is 81.5 cm³/mol. The van der Waals surface area contributed by atoms with E-state index in [0.717, 1.165) is 5.56 Å². The quantitative estimate of drug-likeness (QED) is 0.516. The van der Waals surface area contributed by atoms with Crippen molar-refractivity contribution in [3.05, 3.63) is 59.9 Å². The smallest absolute Gasteiger partial charge is 0.341 e. The number of furan rings is 1. The number of carbonyl (C=O) groups excluding carboxylic acids is 1. The SMILES string of the molecule is COC(=O)c1ccoc1CSc1ncc(-c2ccc(F)cc2)o1. The van der Waals surface area contributed by atoms with Gasteiger partial charge < -0.3 is 13.6 Å². The third-order valence-corrected chi connectivity index (χ3v) is 3.93. The summed E-state index contributed by atoms with van der Waals surface area (Å²) in [5.41, 5.74) is 1.12. The summed E-state index contributed by atoms with van der Waals surface area (Å²) in [5, 5.41) is 0.427. The van der Waals surface area contributed by atoms with Crippen molar-refractivity contribution in [3.8, 4) is 11.3 Å². The molecule has 7 heteroatoms. The fraction of sp³-hybridized carbons (Fsp3) is 0.125. The van der Waals surface area contributed by atoms with E-state index in [4.69, 9.17) is 8.83 Å². The standard InChI is InChI=1S/C16H12FNO4S/c1-20-15(19)12-6-7-21-14(12)9-23-16-18-8-13(22-16)10-2-4-11(17)5-3-10/h2-8H,9H2,1H3. The maximum Gasteiger partial charge on any atom is 0.341 e. The Morgan fingerprint density at radius 3 is 2.83 bits per heavy atom. The number of carbonyl (C=O) groups is 1. The number of methoxy groups -OCH3 is 1. The molecule has 0 saturated carbocycles. The number of esters is 1. The number of thioether (sulfide) groups is 1. The summed E-state index contributed by atoms with van der Waals surface area (Å²) in [6, 6.07) is 7.51. The zero-order valence-corrected chi connectivity index (χ0v) is 12.9. The van der Waals surface area contributed by atoms with E-state index in [1.54, 1.807) is 24.4 Å². The zero-order chi connectivity index (χ0) is 16.2. The molecule has 0 saturated heterocycles. The molecule has 0 aliphatic heterocycles. The lowest BCUT2D eigenvalue weighted by Gasteiger charge is -1.99. The van der Waals surface area contributed by atoms with E-state index in [1.807, 2.05) is 0 Å². The first-order valence-electron chi connectivity index (χ1n) is 6.66. The van der Waals surface area contributed by atoms with E-state index < -0.39 is 5.97 Å². The van der Waals surface area contributed by atoms with E-state index in [-0.39, 0.29) is 5.82 Å². The average Bonchev–Trinajstić information content (AvgIpc) is 3.22. The molecule has 0 fully saturated rings. The summed E-state index contributed by atoms with van der Waals surface area (Å²) in [4.78, 5) is 15.7. The first-order valence-corrected chi connectivity index (χ1v) is 7.65. The highest BCUT2D eigenvalue weighted by Gasteiger charge is 2.16. The third-order valence-electron chi connectivity index (χ3n) is 3.09. The van der Waals surface area contributed by atoms with Crippen LogP contribution < -0.4 is 0 Å². The zero-order valence-electron chi connectivity index (χ0n) is 12.1. The second-order valence-electron chi connectivity index (χ2n) is 4.54. The minimum Gasteiger partial charge on any atom is -0.468 e. The number of oxazole rings is 1. The van der Waals surface area contributed by atoms with Gasteiger partial charge in [-0.25, -0.2) is 14.2 Å². The Balaban J connectivity index is 1.69. The van der Waals surface area contributed by atoms with Crippen LogP contribution in [0.25, 0.3) is 11.3 Å². The lowest BCUT2D eigenvalue weighted by Crippen LogP contribution is -2.02. The molecule has 3 rings (SSSR count). The highest BCUT2D eigenvalue weighted by molar-refractivity contribution is 7.98. The normalized spacial score (nSPS) is 10.7. The average molecular weight is 333 g/mol. The van der Waals surface area contributed by atoms with Crippen LogP contribution in [-0.2, 0) is 10.5 Å². The van der Waals surface area contributed by atoms with Crippen LogP contribution in [0.1, 0.15) is 16.1 Å². The van der Waals surface area contributed by atoms with Crippen molar-refractivity contribution >= 4 is 17.7 Å². The first kappa shape index (κ1) is 15.4. The molecule has 5 nitrogen and oxygen atoms in total.